The van der Waals surface area contributed by atoms with E-state index in [-0.39, 0.29) is 12.0 Å². The Kier molecular flexibility index (Phi) is 5.14. The standard InChI is InChI=1S/C27H29N6O2/c1-16-29-22-11-18(13-28-25(22)30-16)17-4-5-23-19(10-17)14-33(8-9-35-23)26-20-12-27(2,3)7-6-21(20)31-24(15-34)32-26/h4-5,8,10-11,13,34H,6-7,9,12,14-15H2,1-3H3,(H,28,29,30)/q+1. The van der Waals surface area contributed by atoms with Gasteiger partial charge < -0.3 is 14.8 Å². The summed E-state index contributed by atoms with van der Waals surface area (Å²) in [5.74, 6) is 3.07. The van der Waals surface area contributed by atoms with E-state index in [9.17, 15) is 5.11 Å². The normalized spacial score (nSPS) is 16.7. The number of hydrogen-bond donors (Lipinski definition) is 2. The van der Waals surface area contributed by atoms with Crippen molar-refractivity contribution in [1.29, 1.82) is 0 Å². The molecule has 8 heteroatoms. The molecule has 0 spiro atoms. The molecule has 0 bridgehead atoms. The number of pyridine rings is 1. The Balaban J connectivity index is 1.40. The van der Waals surface area contributed by atoms with E-state index in [0.29, 0.717) is 19.0 Å². The zero-order valence-corrected chi connectivity index (χ0v) is 20.3. The van der Waals surface area contributed by atoms with Gasteiger partial charge in [-0.25, -0.2) is 19.5 Å². The first-order chi connectivity index (χ1) is 16.9. The number of aryl methyl sites for hydroxylation is 2. The molecular weight excluding hydrogens is 440 g/mol. The van der Waals surface area contributed by atoms with Gasteiger partial charge in [-0.15, -0.1) is 0 Å². The van der Waals surface area contributed by atoms with Gasteiger partial charge in [-0.05, 0) is 60.3 Å². The lowest BCUT2D eigenvalue weighted by molar-refractivity contribution is -0.458. The molecule has 1 aliphatic carbocycles. The predicted molar refractivity (Wildman–Crippen MR) is 133 cm³/mol. The van der Waals surface area contributed by atoms with Crippen molar-refractivity contribution in [2.45, 2.75) is 53.2 Å². The van der Waals surface area contributed by atoms with Crippen LogP contribution in [0.25, 0.3) is 22.3 Å². The highest BCUT2D eigenvalue weighted by Crippen LogP contribution is 2.38. The van der Waals surface area contributed by atoms with Crippen LogP contribution in [0, 0.1) is 12.3 Å². The van der Waals surface area contributed by atoms with Crippen LogP contribution >= 0.6 is 0 Å². The number of H-pyrrole nitrogens is 1. The quantitative estimate of drug-likeness (QED) is 0.440. The van der Waals surface area contributed by atoms with Gasteiger partial charge in [0.2, 0.25) is 0 Å². The van der Waals surface area contributed by atoms with Gasteiger partial charge in [0.15, 0.2) is 5.65 Å². The summed E-state index contributed by atoms with van der Waals surface area (Å²) in [4.78, 5) is 21.6. The van der Waals surface area contributed by atoms with E-state index in [4.69, 9.17) is 9.72 Å². The number of hydrogen-bond acceptors (Lipinski definition) is 6. The van der Waals surface area contributed by atoms with Crippen LogP contribution in [-0.2, 0) is 26.0 Å². The maximum atomic E-state index is 9.83. The first-order valence-electron chi connectivity index (χ1n) is 12.1. The van der Waals surface area contributed by atoms with E-state index in [2.05, 4.69) is 56.6 Å². The van der Waals surface area contributed by atoms with Crippen LogP contribution in [0.5, 0.6) is 5.75 Å². The number of imidazole rings is 1. The summed E-state index contributed by atoms with van der Waals surface area (Å²) >= 11 is 0. The van der Waals surface area contributed by atoms with Crippen molar-refractivity contribution in [2.75, 3.05) is 6.61 Å². The van der Waals surface area contributed by atoms with E-state index in [1.165, 1.54) is 5.56 Å². The van der Waals surface area contributed by atoms with Crippen molar-refractivity contribution in [3.8, 4) is 16.9 Å². The Morgan fingerprint density at radius 1 is 1.14 bits per heavy atom. The van der Waals surface area contributed by atoms with Crippen LogP contribution in [0.4, 0.5) is 5.82 Å². The maximum Gasteiger partial charge on any atom is 0.330 e. The number of aromatic amines is 1. The number of nitrogens with zero attached hydrogens (tertiary/aromatic N) is 5. The molecule has 178 valence electrons. The molecule has 2 aliphatic rings. The van der Waals surface area contributed by atoms with Gasteiger partial charge in [-0.2, -0.15) is 0 Å². The highest BCUT2D eigenvalue weighted by Gasteiger charge is 2.34. The van der Waals surface area contributed by atoms with Crippen molar-refractivity contribution in [2.24, 2.45) is 5.41 Å². The monoisotopic (exact) mass is 469 g/mol. The molecule has 35 heavy (non-hydrogen) atoms. The van der Waals surface area contributed by atoms with Crippen LogP contribution in [-0.4, -0.2) is 47.4 Å². The average Bonchev–Trinajstić information content (AvgIpc) is 3.08. The SMILES string of the molecule is Cc1nc2ncc(-c3ccc4c(c3)C[N+](c3nc(CO)nc5c3CC(C)(C)CC5)=CCO4)cc2[nH]1. The van der Waals surface area contributed by atoms with Crippen LogP contribution < -0.4 is 4.74 Å². The van der Waals surface area contributed by atoms with Gasteiger partial charge in [-0.1, -0.05) is 19.9 Å². The highest BCUT2D eigenvalue weighted by atomic mass is 16.5. The minimum absolute atomic E-state index is 0.169. The van der Waals surface area contributed by atoms with Crippen LogP contribution in [0.15, 0.2) is 30.5 Å². The fourth-order valence-corrected chi connectivity index (χ4v) is 5.11. The van der Waals surface area contributed by atoms with Gasteiger partial charge in [0.25, 0.3) is 5.82 Å². The molecule has 0 fully saturated rings. The molecule has 8 nitrogen and oxygen atoms in total. The molecule has 0 saturated heterocycles. The Morgan fingerprint density at radius 3 is 2.89 bits per heavy atom. The van der Waals surface area contributed by atoms with E-state index in [1.807, 2.05) is 25.4 Å². The third kappa shape index (κ3) is 4.08. The molecular formula is C27H29N6O2+. The van der Waals surface area contributed by atoms with Gasteiger partial charge in [0.1, 0.15) is 37.5 Å². The Labute approximate surface area is 203 Å². The Morgan fingerprint density at radius 2 is 2.03 bits per heavy atom. The highest BCUT2D eigenvalue weighted by molar-refractivity contribution is 5.78. The van der Waals surface area contributed by atoms with E-state index < -0.39 is 0 Å². The smallest absolute Gasteiger partial charge is 0.330 e. The Bertz CT molecular complexity index is 1490. The molecule has 0 saturated carbocycles. The summed E-state index contributed by atoms with van der Waals surface area (Å²) in [5, 5.41) is 9.83. The van der Waals surface area contributed by atoms with Gasteiger partial charge in [-0.3, -0.25) is 0 Å². The molecule has 1 aliphatic heterocycles. The lowest BCUT2D eigenvalue weighted by Gasteiger charge is -2.30. The number of aliphatic hydroxyl groups is 1. The zero-order valence-electron chi connectivity index (χ0n) is 20.3. The fraction of sp³-hybridized carbons (Fsp3) is 0.370. The van der Waals surface area contributed by atoms with Crippen molar-refractivity contribution in [3.63, 3.8) is 0 Å². The number of nitrogens with one attached hydrogen (secondary N) is 1. The second-order valence-corrected chi connectivity index (χ2v) is 10.2. The molecule has 0 radical (unpaired) electrons. The molecule has 4 aromatic rings. The topological polar surface area (TPSA) is 99.8 Å². The maximum absolute atomic E-state index is 9.83. The van der Waals surface area contributed by atoms with Crippen molar-refractivity contribution >= 4 is 23.2 Å². The molecule has 6 rings (SSSR count). The predicted octanol–water partition coefficient (Wildman–Crippen LogP) is 4.04. The first kappa shape index (κ1) is 21.9. The molecule has 0 atom stereocenters. The minimum Gasteiger partial charge on any atom is -0.485 e. The summed E-state index contributed by atoms with van der Waals surface area (Å²) in [6.07, 6.45) is 6.80. The largest absolute Gasteiger partial charge is 0.485 e. The average molecular weight is 470 g/mol. The van der Waals surface area contributed by atoms with Gasteiger partial charge >= 0.3 is 5.82 Å². The second kappa shape index (κ2) is 8.23. The molecule has 3 aromatic heterocycles. The second-order valence-electron chi connectivity index (χ2n) is 10.2. The van der Waals surface area contributed by atoms with E-state index in [0.717, 1.165) is 70.2 Å². The third-order valence-corrected chi connectivity index (χ3v) is 6.95. The lowest BCUT2D eigenvalue weighted by Crippen LogP contribution is -2.26. The summed E-state index contributed by atoms with van der Waals surface area (Å²) in [6, 6.07) is 8.35. The summed E-state index contributed by atoms with van der Waals surface area (Å²) < 4.78 is 8.25. The van der Waals surface area contributed by atoms with Crippen molar-refractivity contribution in [3.05, 3.63) is 58.9 Å². The number of rotatable bonds is 3. The summed E-state index contributed by atoms with van der Waals surface area (Å²) in [6.45, 7) is 7.42. The van der Waals surface area contributed by atoms with E-state index in [1.54, 1.807) is 0 Å². The van der Waals surface area contributed by atoms with Crippen LogP contribution in [0.1, 0.15) is 48.7 Å². The number of aliphatic hydroxyl groups excluding tert-OH is 1. The number of benzene rings is 1. The molecule has 2 N–H and O–H groups in total. The molecule has 0 unspecified atom stereocenters. The molecule has 0 amide bonds. The number of ether oxygens (including phenoxy) is 1. The zero-order chi connectivity index (χ0) is 24.2. The van der Waals surface area contributed by atoms with E-state index >= 15 is 0 Å². The van der Waals surface area contributed by atoms with Gasteiger partial charge in [0, 0.05) is 17.3 Å². The Hall–Kier alpha value is -3.65. The molecule has 4 heterocycles. The first-order valence-corrected chi connectivity index (χ1v) is 12.1. The number of fused-ring (bicyclic) bond motifs is 3. The molecule has 1 aromatic carbocycles. The van der Waals surface area contributed by atoms with Crippen molar-refractivity contribution in [1.82, 2.24) is 24.9 Å². The van der Waals surface area contributed by atoms with Crippen LogP contribution in [0.2, 0.25) is 0 Å². The summed E-state index contributed by atoms with van der Waals surface area (Å²) in [7, 11) is 0. The lowest BCUT2D eigenvalue weighted by atomic mass is 9.76. The summed E-state index contributed by atoms with van der Waals surface area (Å²) in [5.41, 5.74) is 7.24. The third-order valence-electron chi connectivity index (χ3n) is 6.95. The van der Waals surface area contributed by atoms with Crippen molar-refractivity contribution < 1.29 is 14.4 Å². The minimum atomic E-state index is -0.169. The van der Waals surface area contributed by atoms with Gasteiger partial charge in [0.05, 0.1) is 16.8 Å². The number of aromatic nitrogens is 5. The van der Waals surface area contributed by atoms with Crippen LogP contribution in [0.3, 0.4) is 0 Å². The fourth-order valence-electron chi connectivity index (χ4n) is 5.11.